The molecule has 0 aromatic rings. The Labute approximate surface area is 613 Å². The average molecular weight is 1420 g/mol. The molecule has 100 heavy (non-hydrogen) atoms. The molecule has 1 amide bonds. The first-order valence-electron chi connectivity index (χ1n) is 42.5. The van der Waals surface area contributed by atoms with E-state index in [1.54, 1.807) is 0 Å². The fourth-order valence-corrected chi connectivity index (χ4v) is 14.1. The second-order valence-corrected chi connectivity index (χ2v) is 29.9. The molecule has 2 heterocycles. The van der Waals surface area contributed by atoms with Crippen molar-refractivity contribution in [1.29, 1.82) is 0 Å². The van der Waals surface area contributed by atoms with Crippen LogP contribution >= 0.6 is 0 Å². The van der Waals surface area contributed by atoms with Crippen LogP contribution in [0.1, 0.15) is 386 Å². The van der Waals surface area contributed by atoms with Crippen LogP contribution < -0.4 is 5.32 Å². The number of aliphatic hydroxyl groups is 8. The second kappa shape index (κ2) is 69.7. The maximum atomic E-state index is 13.4. The molecular weight excluding hydrogens is 1250 g/mol. The van der Waals surface area contributed by atoms with E-state index < -0.39 is 86.8 Å². The molecule has 0 bridgehead atoms. The summed E-state index contributed by atoms with van der Waals surface area (Å²) >= 11 is 0. The van der Waals surface area contributed by atoms with Gasteiger partial charge in [0, 0.05) is 6.42 Å². The second-order valence-electron chi connectivity index (χ2n) is 29.9. The van der Waals surface area contributed by atoms with Gasteiger partial charge in [0.15, 0.2) is 12.6 Å². The van der Waals surface area contributed by atoms with Crippen molar-refractivity contribution in [3.8, 4) is 0 Å². The standard InChI is InChI=1S/C86H159NO13/c1-3-5-7-9-11-13-15-17-19-21-23-25-27-29-30-31-32-33-34-35-36-37-38-39-40-41-42-43-44-46-48-50-52-54-56-58-60-62-64-66-68-70-78(91)87-74(73-97-85-83(96)81(94)84(77(72-89)99-85)100-86-82(95)80(93)79(92)76(71-88)98-86)75(90)69-67-65-63-61-59-57-55-53-51-49-47-45-28-26-24-22-20-18-16-14-12-10-8-6-4-2/h5,7,11,13,17,19,23,25,29-30,74-77,79-86,88-90,92-96H,3-4,6,8-10,12,14-16,18,20-22,24,26-28,31-73H2,1-2H3,(H,87,91)/b7-5-,13-11-,19-17-,25-23-,30-29-. The van der Waals surface area contributed by atoms with Gasteiger partial charge in [-0.15, -0.1) is 0 Å². The number of carbonyl (C=O) groups is 1. The van der Waals surface area contributed by atoms with Gasteiger partial charge in [0.05, 0.1) is 32.0 Å². The highest BCUT2D eigenvalue weighted by atomic mass is 16.7. The van der Waals surface area contributed by atoms with Gasteiger partial charge < -0.3 is 65.1 Å². The predicted molar refractivity (Wildman–Crippen MR) is 415 cm³/mol. The summed E-state index contributed by atoms with van der Waals surface area (Å²) in [6, 6.07) is -0.830. The van der Waals surface area contributed by atoms with Gasteiger partial charge in [0.2, 0.25) is 5.91 Å². The number of hydrogen-bond acceptors (Lipinski definition) is 13. The summed E-state index contributed by atoms with van der Waals surface area (Å²) < 4.78 is 23.0. The Kier molecular flexibility index (Phi) is 65.4. The molecule has 2 saturated heterocycles. The van der Waals surface area contributed by atoms with E-state index in [2.05, 4.69) is 79.9 Å². The molecule has 0 aromatic heterocycles. The van der Waals surface area contributed by atoms with E-state index in [-0.39, 0.29) is 12.5 Å². The molecule has 0 aromatic carbocycles. The number of nitrogens with one attached hydrogen (secondary N) is 1. The first-order valence-corrected chi connectivity index (χ1v) is 42.5. The van der Waals surface area contributed by atoms with E-state index in [1.165, 1.54) is 276 Å². The fraction of sp³-hybridized carbons (Fsp3) is 0.872. The minimum atomic E-state index is -1.78. The van der Waals surface area contributed by atoms with Crippen LogP contribution in [0.25, 0.3) is 0 Å². The van der Waals surface area contributed by atoms with Crippen molar-refractivity contribution in [3.05, 3.63) is 60.8 Å². The van der Waals surface area contributed by atoms with Crippen molar-refractivity contribution >= 4 is 5.91 Å². The molecule has 0 aliphatic carbocycles. The third-order valence-corrected chi connectivity index (χ3v) is 20.7. The topological polar surface area (TPSA) is 228 Å². The SMILES string of the molecule is CC/C=C\C/C=C\C/C=C\C/C=C\C/C=C\CCCCCCCCCCCCCCCCCCCCCCCCCCCC(=O)NC(COC1OC(CO)C(OC2OC(CO)C(O)C(O)C2O)C(O)C1O)C(O)CCCCCCCCCCCCCCCCCCCCCCCCCCC. The lowest BCUT2D eigenvalue weighted by molar-refractivity contribution is -0.359. The van der Waals surface area contributed by atoms with Crippen molar-refractivity contribution in [2.24, 2.45) is 0 Å². The highest BCUT2D eigenvalue weighted by Gasteiger charge is 2.51. The van der Waals surface area contributed by atoms with Crippen LogP contribution in [0, 0.1) is 0 Å². The highest BCUT2D eigenvalue weighted by Crippen LogP contribution is 2.31. The number of amides is 1. The molecule has 586 valence electrons. The molecule has 2 aliphatic heterocycles. The van der Waals surface area contributed by atoms with E-state index in [4.69, 9.17) is 18.9 Å². The zero-order chi connectivity index (χ0) is 72.2. The van der Waals surface area contributed by atoms with Crippen LogP contribution in [0.3, 0.4) is 0 Å². The smallest absolute Gasteiger partial charge is 0.220 e. The Hall–Kier alpha value is -2.31. The lowest BCUT2D eigenvalue weighted by atomic mass is 9.97. The normalized spacial score (nSPS) is 22.1. The number of aliphatic hydroxyl groups excluding tert-OH is 8. The summed E-state index contributed by atoms with van der Waals surface area (Å²) in [5.74, 6) is -0.198. The first kappa shape index (κ1) is 93.8. The summed E-state index contributed by atoms with van der Waals surface area (Å²) in [5, 5.41) is 87.9. The molecule has 12 atom stereocenters. The Balaban J connectivity index is 1.55. The molecular formula is C86H159NO13. The Morgan fingerprint density at radius 3 is 1.06 bits per heavy atom. The molecule has 0 saturated carbocycles. The molecule has 9 N–H and O–H groups in total. The van der Waals surface area contributed by atoms with Crippen LogP contribution in [-0.4, -0.2) is 140 Å². The monoisotopic (exact) mass is 1410 g/mol. The van der Waals surface area contributed by atoms with Crippen molar-refractivity contribution in [2.75, 3.05) is 19.8 Å². The van der Waals surface area contributed by atoms with Crippen molar-refractivity contribution < 1.29 is 64.6 Å². The summed E-state index contributed by atoms with van der Waals surface area (Å²) in [5.41, 5.74) is 0. The van der Waals surface area contributed by atoms with Crippen LogP contribution in [0.5, 0.6) is 0 Å². The Morgan fingerprint density at radius 2 is 0.690 bits per heavy atom. The average Bonchev–Trinajstić information content (AvgIpc) is 0.791. The van der Waals surface area contributed by atoms with Crippen molar-refractivity contribution in [3.63, 3.8) is 0 Å². The van der Waals surface area contributed by atoms with E-state index in [0.29, 0.717) is 12.8 Å². The van der Waals surface area contributed by atoms with E-state index in [1.807, 2.05) is 0 Å². The summed E-state index contributed by atoms with van der Waals surface area (Å²) in [4.78, 5) is 13.4. The zero-order valence-electron chi connectivity index (χ0n) is 64.5. The molecule has 14 heteroatoms. The van der Waals surface area contributed by atoms with Gasteiger partial charge in [-0.05, 0) is 57.8 Å². The number of hydrogen-bond donors (Lipinski definition) is 9. The molecule has 2 rings (SSSR count). The minimum Gasteiger partial charge on any atom is -0.394 e. The lowest BCUT2D eigenvalue weighted by Crippen LogP contribution is -2.65. The molecule has 2 fully saturated rings. The summed E-state index contributed by atoms with van der Waals surface area (Å²) in [6.07, 6.45) is 78.5. The van der Waals surface area contributed by atoms with E-state index >= 15 is 0 Å². The van der Waals surface area contributed by atoms with Gasteiger partial charge in [0.25, 0.3) is 0 Å². The molecule has 14 nitrogen and oxygen atoms in total. The van der Waals surface area contributed by atoms with Crippen LogP contribution in [0.15, 0.2) is 60.8 Å². The summed E-state index contributed by atoms with van der Waals surface area (Å²) in [7, 11) is 0. The first-order chi connectivity index (χ1) is 49.1. The molecule has 0 radical (unpaired) electrons. The van der Waals surface area contributed by atoms with Crippen molar-refractivity contribution in [1.82, 2.24) is 5.32 Å². The number of carbonyl (C=O) groups excluding carboxylic acids is 1. The quantitative estimate of drug-likeness (QED) is 0.0204. The molecule has 2 aliphatic rings. The molecule has 0 spiro atoms. The predicted octanol–water partition coefficient (Wildman–Crippen LogP) is 19.9. The van der Waals surface area contributed by atoms with Crippen LogP contribution in [0.2, 0.25) is 0 Å². The van der Waals surface area contributed by atoms with E-state index in [9.17, 15) is 45.6 Å². The molecule has 12 unspecified atom stereocenters. The Bertz CT molecular complexity index is 1910. The number of ether oxygens (including phenoxy) is 4. The van der Waals surface area contributed by atoms with Crippen LogP contribution in [0.4, 0.5) is 0 Å². The van der Waals surface area contributed by atoms with Gasteiger partial charge in [-0.3, -0.25) is 4.79 Å². The van der Waals surface area contributed by atoms with Crippen LogP contribution in [-0.2, 0) is 23.7 Å². The van der Waals surface area contributed by atoms with Gasteiger partial charge >= 0.3 is 0 Å². The minimum absolute atomic E-state index is 0.198. The van der Waals surface area contributed by atoms with Gasteiger partial charge in [-0.25, -0.2) is 0 Å². The zero-order valence-corrected chi connectivity index (χ0v) is 64.5. The van der Waals surface area contributed by atoms with Gasteiger partial charge in [-0.2, -0.15) is 0 Å². The number of unbranched alkanes of at least 4 members (excludes halogenated alkanes) is 49. The van der Waals surface area contributed by atoms with Gasteiger partial charge in [0.1, 0.15) is 48.8 Å². The third kappa shape index (κ3) is 51.8. The van der Waals surface area contributed by atoms with Gasteiger partial charge in [-0.1, -0.05) is 383 Å². The van der Waals surface area contributed by atoms with E-state index in [0.717, 1.165) is 83.5 Å². The number of allylic oxidation sites excluding steroid dienone is 10. The van der Waals surface area contributed by atoms with Crippen molar-refractivity contribution in [2.45, 2.75) is 460 Å². The largest absolute Gasteiger partial charge is 0.394 e. The highest BCUT2D eigenvalue weighted by molar-refractivity contribution is 5.76. The summed E-state index contributed by atoms with van der Waals surface area (Å²) in [6.45, 7) is 2.81. The Morgan fingerprint density at radius 1 is 0.370 bits per heavy atom. The lowest BCUT2D eigenvalue weighted by Gasteiger charge is -2.46. The maximum absolute atomic E-state index is 13.4. The maximum Gasteiger partial charge on any atom is 0.220 e. The third-order valence-electron chi connectivity index (χ3n) is 20.7. The number of rotatable bonds is 72. The fourth-order valence-electron chi connectivity index (χ4n) is 14.1.